The molecule has 1 amide bonds. The molecule has 0 atom stereocenters. The zero-order valence-electron chi connectivity index (χ0n) is 21.7. The average molecular weight is 565 g/mol. The summed E-state index contributed by atoms with van der Waals surface area (Å²) in [5.74, 6) is 0.391. The summed E-state index contributed by atoms with van der Waals surface area (Å²) in [7, 11) is 1.68. The second-order valence-corrected chi connectivity index (χ2v) is 10.5. The molecule has 10 heteroatoms. The highest BCUT2D eigenvalue weighted by atomic mass is 35.5. The smallest absolute Gasteiger partial charge is 0.349 e. The van der Waals surface area contributed by atoms with E-state index in [1.807, 2.05) is 36.4 Å². The molecule has 0 bridgehead atoms. The maximum atomic E-state index is 12.9. The van der Waals surface area contributed by atoms with Crippen molar-refractivity contribution in [3.8, 4) is 5.75 Å². The van der Waals surface area contributed by atoms with Crippen LogP contribution in [0, 0.1) is 6.92 Å². The first-order valence-electron chi connectivity index (χ1n) is 12.7. The largest absolute Gasteiger partial charge is 0.494 e. The molecular formula is C29H29ClN4O4S. The number of hydrogen-bond acceptors (Lipinski definition) is 8. The fourth-order valence-corrected chi connectivity index (χ4v) is 6.12. The summed E-state index contributed by atoms with van der Waals surface area (Å²) in [5, 5.41) is 6.64. The van der Waals surface area contributed by atoms with Crippen molar-refractivity contribution in [3.05, 3.63) is 76.1 Å². The lowest BCUT2D eigenvalue weighted by molar-refractivity contribution is 0.0944. The number of aryl methyl sites for hydroxylation is 1. The SMILES string of the molecule is COc1ccc(C)c2sc(N3CCN(CCNC(=O)c4cc5c(ccc6ccccc65)oc4=O)CC3)nc12.Cl. The van der Waals surface area contributed by atoms with Crippen molar-refractivity contribution < 1.29 is 13.9 Å². The van der Waals surface area contributed by atoms with Crippen LogP contribution in [-0.2, 0) is 0 Å². The molecule has 0 spiro atoms. The van der Waals surface area contributed by atoms with Gasteiger partial charge in [0.25, 0.3) is 5.91 Å². The third-order valence-electron chi connectivity index (χ3n) is 7.15. The van der Waals surface area contributed by atoms with Crippen LogP contribution in [0.15, 0.2) is 63.8 Å². The van der Waals surface area contributed by atoms with Gasteiger partial charge in [-0.25, -0.2) is 9.78 Å². The third kappa shape index (κ3) is 5.17. The van der Waals surface area contributed by atoms with Gasteiger partial charge in [0.05, 0.1) is 11.8 Å². The molecule has 1 aliphatic heterocycles. The summed E-state index contributed by atoms with van der Waals surface area (Å²) in [6, 6.07) is 17.2. The highest BCUT2D eigenvalue weighted by Gasteiger charge is 2.22. The van der Waals surface area contributed by atoms with E-state index in [-0.39, 0.29) is 18.0 Å². The first-order chi connectivity index (χ1) is 18.5. The molecule has 2 aromatic heterocycles. The van der Waals surface area contributed by atoms with Gasteiger partial charge in [-0.1, -0.05) is 47.7 Å². The molecule has 39 heavy (non-hydrogen) atoms. The molecule has 8 nitrogen and oxygen atoms in total. The Bertz CT molecular complexity index is 1730. The maximum Gasteiger partial charge on any atom is 0.349 e. The van der Waals surface area contributed by atoms with Crippen molar-refractivity contribution in [2.45, 2.75) is 6.92 Å². The van der Waals surface area contributed by atoms with E-state index >= 15 is 0 Å². The number of hydrogen-bond donors (Lipinski definition) is 1. The van der Waals surface area contributed by atoms with E-state index in [0.717, 1.165) is 63.4 Å². The fraction of sp³-hybridized carbons (Fsp3) is 0.276. The number of carbonyl (C=O) groups excluding carboxylic acids is 1. The number of halogens is 1. The van der Waals surface area contributed by atoms with Crippen LogP contribution in [0.4, 0.5) is 5.13 Å². The van der Waals surface area contributed by atoms with E-state index in [9.17, 15) is 9.59 Å². The van der Waals surface area contributed by atoms with Crippen LogP contribution in [0.3, 0.4) is 0 Å². The van der Waals surface area contributed by atoms with E-state index < -0.39 is 11.5 Å². The Morgan fingerprint density at radius 1 is 1.08 bits per heavy atom. The van der Waals surface area contributed by atoms with Crippen LogP contribution < -0.4 is 20.6 Å². The zero-order valence-corrected chi connectivity index (χ0v) is 23.4. The van der Waals surface area contributed by atoms with E-state index in [2.05, 4.69) is 28.1 Å². The van der Waals surface area contributed by atoms with Crippen LogP contribution in [0.1, 0.15) is 15.9 Å². The third-order valence-corrected chi connectivity index (χ3v) is 8.41. The van der Waals surface area contributed by atoms with Crippen molar-refractivity contribution in [2.24, 2.45) is 0 Å². The number of aromatic nitrogens is 1. The van der Waals surface area contributed by atoms with Gasteiger partial charge in [0.2, 0.25) is 0 Å². The fourth-order valence-electron chi connectivity index (χ4n) is 5.01. The zero-order chi connectivity index (χ0) is 26.2. The van der Waals surface area contributed by atoms with E-state index in [0.29, 0.717) is 18.7 Å². The van der Waals surface area contributed by atoms with Crippen molar-refractivity contribution >= 4 is 66.7 Å². The molecule has 0 unspecified atom stereocenters. The number of anilines is 1. The number of ether oxygens (including phenoxy) is 1. The minimum Gasteiger partial charge on any atom is -0.494 e. The van der Waals surface area contributed by atoms with Gasteiger partial charge in [-0.15, -0.1) is 12.4 Å². The van der Waals surface area contributed by atoms with E-state index in [4.69, 9.17) is 14.1 Å². The Hall–Kier alpha value is -3.66. The molecule has 0 radical (unpaired) electrons. The molecule has 0 saturated carbocycles. The van der Waals surface area contributed by atoms with Crippen LogP contribution in [0.5, 0.6) is 5.75 Å². The standard InChI is InChI=1S/C29H28N4O4S.ClH/c1-18-7-9-24(36-2)25-26(18)38-29(31-25)33-15-13-32(14-16-33)12-11-30-27(34)22-17-21-20-6-4-3-5-19(20)8-10-23(21)37-28(22)35;/h3-10,17H,11-16H2,1-2H3,(H,30,34);1H. The van der Waals surface area contributed by atoms with E-state index in [1.165, 1.54) is 5.56 Å². The Morgan fingerprint density at radius 3 is 2.67 bits per heavy atom. The van der Waals surface area contributed by atoms with Gasteiger partial charge >= 0.3 is 5.63 Å². The van der Waals surface area contributed by atoms with Gasteiger partial charge in [-0.2, -0.15) is 0 Å². The normalized spacial score (nSPS) is 14.1. The summed E-state index contributed by atoms with van der Waals surface area (Å²) < 4.78 is 12.1. The predicted molar refractivity (Wildman–Crippen MR) is 159 cm³/mol. The topological polar surface area (TPSA) is 87.9 Å². The number of thiazole rings is 1. The number of carbonyl (C=O) groups is 1. The van der Waals surface area contributed by atoms with Crippen LogP contribution in [0.25, 0.3) is 32.0 Å². The quantitative estimate of drug-likeness (QED) is 0.233. The van der Waals surface area contributed by atoms with Crippen LogP contribution >= 0.6 is 23.7 Å². The van der Waals surface area contributed by atoms with Gasteiger partial charge in [0.1, 0.15) is 22.4 Å². The highest BCUT2D eigenvalue weighted by Crippen LogP contribution is 2.36. The number of nitrogens with zero attached hydrogens (tertiary/aromatic N) is 3. The Morgan fingerprint density at radius 2 is 1.87 bits per heavy atom. The molecule has 3 heterocycles. The second kappa shape index (κ2) is 11.2. The summed E-state index contributed by atoms with van der Waals surface area (Å²) in [4.78, 5) is 34.9. The Kier molecular flexibility index (Phi) is 7.74. The van der Waals surface area contributed by atoms with Crippen LogP contribution in [0.2, 0.25) is 0 Å². The molecule has 1 aliphatic rings. The van der Waals surface area contributed by atoms with E-state index in [1.54, 1.807) is 30.6 Å². The minimum absolute atomic E-state index is 0. The molecule has 1 fully saturated rings. The monoisotopic (exact) mass is 564 g/mol. The number of rotatable bonds is 6. The number of piperazine rings is 1. The maximum absolute atomic E-state index is 12.9. The molecule has 0 aliphatic carbocycles. The number of amides is 1. The lowest BCUT2D eigenvalue weighted by atomic mass is 10.0. The molecule has 5 aromatic rings. The first kappa shape index (κ1) is 26.9. The number of benzene rings is 3. The summed E-state index contributed by atoms with van der Waals surface area (Å²) in [6.07, 6.45) is 0. The van der Waals surface area contributed by atoms with Crippen molar-refractivity contribution in [2.75, 3.05) is 51.3 Å². The summed E-state index contributed by atoms with van der Waals surface area (Å²) in [6.45, 7) is 6.70. The number of methoxy groups -OCH3 is 1. The lowest BCUT2D eigenvalue weighted by Gasteiger charge is -2.34. The highest BCUT2D eigenvalue weighted by molar-refractivity contribution is 7.22. The molecule has 3 aromatic carbocycles. The van der Waals surface area contributed by atoms with Gasteiger partial charge in [-0.05, 0) is 41.5 Å². The second-order valence-electron chi connectivity index (χ2n) is 9.49. The molecule has 1 N–H and O–H groups in total. The minimum atomic E-state index is -0.624. The van der Waals surface area contributed by atoms with Gasteiger partial charge < -0.3 is 19.4 Å². The lowest BCUT2D eigenvalue weighted by Crippen LogP contribution is -2.48. The summed E-state index contributed by atoms with van der Waals surface area (Å²) in [5.41, 5.74) is 2.00. The molecule has 202 valence electrons. The van der Waals surface area contributed by atoms with Gasteiger partial charge in [0, 0.05) is 44.7 Å². The Labute approximate surface area is 235 Å². The first-order valence-corrected chi connectivity index (χ1v) is 13.5. The molecule has 1 saturated heterocycles. The number of nitrogens with one attached hydrogen (secondary N) is 1. The predicted octanol–water partition coefficient (Wildman–Crippen LogP) is 4.85. The van der Waals surface area contributed by atoms with Crippen molar-refractivity contribution in [1.82, 2.24) is 15.2 Å². The van der Waals surface area contributed by atoms with Gasteiger partial charge in [0.15, 0.2) is 5.13 Å². The Balaban J connectivity index is 0.00000308. The summed E-state index contributed by atoms with van der Waals surface area (Å²) >= 11 is 1.70. The van der Waals surface area contributed by atoms with Crippen molar-refractivity contribution in [1.29, 1.82) is 0 Å². The van der Waals surface area contributed by atoms with Crippen LogP contribution in [-0.4, -0.2) is 62.2 Å². The van der Waals surface area contributed by atoms with Gasteiger partial charge in [-0.3, -0.25) is 9.69 Å². The average Bonchev–Trinajstić information content (AvgIpc) is 3.40. The van der Waals surface area contributed by atoms with Crippen molar-refractivity contribution in [3.63, 3.8) is 0 Å². The number of fused-ring (bicyclic) bond motifs is 4. The molecule has 6 rings (SSSR count). The molecular weight excluding hydrogens is 536 g/mol.